The number of rotatable bonds is 10. The number of hydrogen-bond acceptors (Lipinski definition) is 3. The van der Waals surface area contributed by atoms with E-state index in [1.54, 1.807) is 0 Å². The van der Waals surface area contributed by atoms with Crippen LogP contribution in [-0.2, 0) is 9.47 Å². The normalized spacial score (nSPS) is 27.6. The van der Waals surface area contributed by atoms with E-state index >= 15 is 0 Å². The van der Waals surface area contributed by atoms with Crippen LogP contribution >= 0.6 is 0 Å². The van der Waals surface area contributed by atoms with Gasteiger partial charge in [0.2, 0.25) is 0 Å². The quantitative estimate of drug-likeness (QED) is 0.618. The summed E-state index contributed by atoms with van der Waals surface area (Å²) in [4.78, 5) is 0. The smallest absolute Gasteiger partial charge is 0.0807 e. The van der Waals surface area contributed by atoms with Crippen LogP contribution in [0.4, 0.5) is 0 Å². The third-order valence-corrected chi connectivity index (χ3v) is 4.20. The molecular formula is C16H33NO2. The molecule has 1 aliphatic carbocycles. The summed E-state index contributed by atoms with van der Waals surface area (Å²) in [7, 11) is 2.02. The highest BCUT2D eigenvalue weighted by molar-refractivity contribution is 4.89. The molecular weight excluding hydrogens is 238 g/mol. The van der Waals surface area contributed by atoms with E-state index in [1.807, 2.05) is 7.05 Å². The average molecular weight is 271 g/mol. The lowest BCUT2D eigenvalue weighted by molar-refractivity contribution is -0.0921. The number of ether oxygens (including phenoxy) is 2. The van der Waals surface area contributed by atoms with Crippen LogP contribution in [0.25, 0.3) is 0 Å². The molecule has 1 aliphatic rings. The predicted octanol–water partition coefficient (Wildman–Crippen LogP) is 3.38. The highest BCUT2D eigenvalue weighted by Gasteiger charge is 2.35. The Kier molecular flexibility index (Phi) is 8.67. The molecule has 1 N–H and O–H groups in total. The van der Waals surface area contributed by atoms with Gasteiger partial charge in [0, 0.05) is 13.2 Å². The molecule has 0 heterocycles. The fourth-order valence-corrected chi connectivity index (χ4v) is 3.16. The van der Waals surface area contributed by atoms with Crippen LogP contribution < -0.4 is 5.32 Å². The molecule has 0 aromatic carbocycles. The van der Waals surface area contributed by atoms with Gasteiger partial charge in [-0.1, -0.05) is 26.7 Å². The van der Waals surface area contributed by atoms with E-state index in [-0.39, 0.29) is 5.60 Å². The standard InChI is InChI=1S/C16H33NO2/c1-4-6-15-7-9-16(10-8-15,14-17-3)19-13-12-18-11-5-2/h15,17H,4-14H2,1-3H3. The second kappa shape index (κ2) is 9.73. The van der Waals surface area contributed by atoms with Crippen LogP contribution in [0.3, 0.4) is 0 Å². The molecule has 0 aliphatic heterocycles. The van der Waals surface area contributed by atoms with Gasteiger partial charge in [-0.05, 0) is 45.1 Å². The first-order chi connectivity index (χ1) is 9.26. The molecule has 0 aromatic heterocycles. The summed E-state index contributed by atoms with van der Waals surface area (Å²) in [6, 6.07) is 0. The predicted molar refractivity (Wildman–Crippen MR) is 80.6 cm³/mol. The molecule has 114 valence electrons. The van der Waals surface area contributed by atoms with Crippen LogP contribution in [0.2, 0.25) is 0 Å². The van der Waals surface area contributed by atoms with Gasteiger partial charge >= 0.3 is 0 Å². The third kappa shape index (κ3) is 6.24. The molecule has 1 rings (SSSR count). The third-order valence-electron chi connectivity index (χ3n) is 4.20. The van der Waals surface area contributed by atoms with Gasteiger partial charge in [0.1, 0.15) is 0 Å². The Hall–Kier alpha value is -0.120. The summed E-state index contributed by atoms with van der Waals surface area (Å²) in [5.41, 5.74) is 0.0641. The summed E-state index contributed by atoms with van der Waals surface area (Å²) < 4.78 is 11.7. The van der Waals surface area contributed by atoms with Crippen LogP contribution in [0, 0.1) is 5.92 Å². The Balaban J connectivity index is 2.30. The van der Waals surface area contributed by atoms with E-state index in [4.69, 9.17) is 9.47 Å². The molecule has 0 saturated heterocycles. The molecule has 19 heavy (non-hydrogen) atoms. The Labute approximate surface area is 119 Å². The monoisotopic (exact) mass is 271 g/mol. The first-order valence-corrected chi connectivity index (χ1v) is 8.12. The molecule has 0 aromatic rings. The van der Waals surface area contributed by atoms with Crippen molar-refractivity contribution in [3.63, 3.8) is 0 Å². The van der Waals surface area contributed by atoms with Crippen LogP contribution in [0.15, 0.2) is 0 Å². The summed E-state index contributed by atoms with van der Waals surface area (Å²) in [5, 5.41) is 3.31. The second-order valence-corrected chi connectivity index (χ2v) is 5.91. The van der Waals surface area contributed by atoms with E-state index in [0.29, 0.717) is 0 Å². The van der Waals surface area contributed by atoms with Crippen molar-refractivity contribution in [3.05, 3.63) is 0 Å². The van der Waals surface area contributed by atoms with Gasteiger partial charge in [0.05, 0.1) is 18.8 Å². The Morgan fingerprint density at radius 1 is 1.05 bits per heavy atom. The molecule has 1 saturated carbocycles. The highest BCUT2D eigenvalue weighted by atomic mass is 16.5. The summed E-state index contributed by atoms with van der Waals surface area (Å²) in [5.74, 6) is 0.926. The lowest BCUT2D eigenvalue weighted by Gasteiger charge is -2.40. The van der Waals surface area contributed by atoms with Gasteiger partial charge in [0.25, 0.3) is 0 Å². The number of likely N-dealkylation sites (N-methyl/N-ethyl adjacent to an activating group) is 1. The molecule has 0 atom stereocenters. The molecule has 1 fully saturated rings. The van der Waals surface area contributed by atoms with Gasteiger partial charge in [-0.2, -0.15) is 0 Å². The summed E-state index contributed by atoms with van der Waals surface area (Å²) in [6.45, 7) is 7.72. The van der Waals surface area contributed by atoms with Crippen molar-refractivity contribution in [2.24, 2.45) is 5.92 Å². The minimum Gasteiger partial charge on any atom is -0.379 e. The Morgan fingerprint density at radius 2 is 1.79 bits per heavy atom. The lowest BCUT2D eigenvalue weighted by Crippen LogP contribution is -2.45. The zero-order valence-electron chi connectivity index (χ0n) is 13.2. The maximum absolute atomic E-state index is 6.20. The summed E-state index contributed by atoms with van der Waals surface area (Å²) in [6.07, 6.45) is 8.83. The number of nitrogens with one attached hydrogen (secondary N) is 1. The minimum atomic E-state index is 0.0641. The molecule has 3 nitrogen and oxygen atoms in total. The van der Waals surface area contributed by atoms with Crippen molar-refractivity contribution in [2.75, 3.05) is 33.4 Å². The lowest BCUT2D eigenvalue weighted by atomic mass is 9.77. The second-order valence-electron chi connectivity index (χ2n) is 5.91. The minimum absolute atomic E-state index is 0.0641. The zero-order valence-corrected chi connectivity index (χ0v) is 13.2. The van der Waals surface area contributed by atoms with Crippen molar-refractivity contribution < 1.29 is 9.47 Å². The van der Waals surface area contributed by atoms with Crippen molar-refractivity contribution in [3.8, 4) is 0 Å². The van der Waals surface area contributed by atoms with Crippen molar-refractivity contribution >= 4 is 0 Å². The fraction of sp³-hybridized carbons (Fsp3) is 1.00. The number of hydrogen-bond donors (Lipinski definition) is 1. The van der Waals surface area contributed by atoms with Crippen molar-refractivity contribution in [2.45, 2.75) is 64.4 Å². The van der Waals surface area contributed by atoms with Gasteiger partial charge in [0.15, 0.2) is 0 Å². The highest BCUT2D eigenvalue weighted by Crippen LogP contribution is 2.36. The molecule has 0 amide bonds. The van der Waals surface area contributed by atoms with E-state index in [0.717, 1.165) is 38.7 Å². The van der Waals surface area contributed by atoms with E-state index in [9.17, 15) is 0 Å². The molecule has 0 spiro atoms. The first kappa shape index (κ1) is 16.9. The average Bonchev–Trinajstić information content (AvgIpc) is 2.42. The largest absolute Gasteiger partial charge is 0.379 e. The topological polar surface area (TPSA) is 30.5 Å². The molecule has 0 unspecified atom stereocenters. The first-order valence-electron chi connectivity index (χ1n) is 8.12. The fourth-order valence-electron chi connectivity index (χ4n) is 3.16. The molecule has 3 heteroatoms. The van der Waals surface area contributed by atoms with Crippen molar-refractivity contribution in [1.82, 2.24) is 5.32 Å². The van der Waals surface area contributed by atoms with Crippen molar-refractivity contribution in [1.29, 1.82) is 0 Å². The maximum Gasteiger partial charge on any atom is 0.0807 e. The Morgan fingerprint density at radius 3 is 2.37 bits per heavy atom. The van der Waals surface area contributed by atoms with Gasteiger partial charge < -0.3 is 14.8 Å². The van der Waals surface area contributed by atoms with Crippen LogP contribution in [0.5, 0.6) is 0 Å². The van der Waals surface area contributed by atoms with Crippen LogP contribution in [0.1, 0.15) is 58.8 Å². The van der Waals surface area contributed by atoms with Gasteiger partial charge in [-0.3, -0.25) is 0 Å². The Bertz CT molecular complexity index is 213. The van der Waals surface area contributed by atoms with Gasteiger partial charge in [-0.15, -0.1) is 0 Å². The van der Waals surface area contributed by atoms with Crippen LogP contribution in [-0.4, -0.2) is 39.0 Å². The molecule has 0 radical (unpaired) electrons. The summed E-state index contributed by atoms with van der Waals surface area (Å²) >= 11 is 0. The van der Waals surface area contributed by atoms with E-state index < -0.39 is 0 Å². The molecule has 0 bridgehead atoms. The van der Waals surface area contributed by atoms with Gasteiger partial charge in [-0.25, -0.2) is 0 Å². The maximum atomic E-state index is 6.20. The SMILES string of the molecule is CCCOCCOC1(CNC)CCC(CCC)CC1. The zero-order chi connectivity index (χ0) is 14.0. The van der Waals surface area contributed by atoms with E-state index in [2.05, 4.69) is 19.2 Å². The van der Waals surface area contributed by atoms with E-state index in [1.165, 1.54) is 38.5 Å².